The molecule has 21 heavy (non-hydrogen) atoms. The van der Waals surface area contributed by atoms with Crippen molar-refractivity contribution >= 4 is 11.9 Å². The van der Waals surface area contributed by atoms with Crippen LogP contribution in [0.15, 0.2) is 0 Å². The van der Waals surface area contributed by atoms with Crippen LogP contribution in [0, 0.1) is 5.92 Å². The lowest BCUT2D eigenvalue weighted by Gasteiger charge is -2.10. The molecule has 0 fully saturated rings. The highest BCUT2D eigenvalue weighted by atomic mass is 16.4. The van der Waals surface area contributed by atoms with Crippen molar-refractivity contribution in [2.24, 2.45) is 5.92 Å². The van der Waals surface area contributed by atoms with Gasteiger partial charge in [0.1, 0.15) is 0 Å². The zero-order valence-electron chi connectivity index (χ0n) is 13.8. The van der Waals surface area contributed by atoms with Crippen LogP contribution in [0.1, 0.15) is 84.5 Å². The normalized spacial score (nSPS) is 12.1. The predicted molar refractivity (Wildman–Crippen MR) is 86.3 cm³/mol. The highest BCUT2D eigenvalue weighted by Gasteiger charge is 2.09. The van der Waals surface area contributed by atoms with Gasteiger partial charge in [0.05, 0.1) is 0 Å². The van der Waals surface area contributed by atoms with Crippen LogP contribution in [-0.4, -0.2) is 23.5 Å². The van der Waals surface area contributed by atoms with Gasteiger partial charge in [-0.3, -0.25) is 9.59 Å². The first-order chi connectivity index (χ1) is 10.1. The van der Waals surface area contributed by atoms with Gasteiger partial charge < -0.3 is 10.4 Å². The lowest BCUT2D eigenvalue weighted by atomic mass is 10.1. The monoisotopic (exact) mass is 299 g/mol. The van der Waals surface area contributed by atoms with E-state index in [-0.39, 0.29) is 18.2 Å². The minimum atomic E-state index is -0.810. The van der Waals surface area contributed by atoms with Gasteiger partial charge in [-0.2, -0.15) is 0 Å². The maximum atomic E-state index is 11.6. The molecule has 0 unspecified atom stereocenters. The van der Waals surface area contributed by atoms with Crippen molar-refractivity contribution in [3.63, 3.8) is 0 Å². The summed E-state index contributed by atoms with van der Waals surface area (Å²) >= 11 is 0. The van der Waals surface area contributed by atoms with Crippen molar-refractivity contribution in [1.29, 1.82) is 0 Å². The van der Waals surface area contributed by atoms with Gasteiger partial charge in [-0.15, -0.1) is 0 Å². The molecule has 4 nitrogen and oxygen atoms in total. The van der Waals surface area contributed by atoms with Crippen molar-refractivity contribution in [3.05, 3.63) is 0 Å². The molecule has 2 N–H and O–H groups in total. The van der Waals surface area contributed by atoms with Gasteiger partial charge in [-0.05, 0) is 12.3 Å². The van der Waals surface area contributed by atoms with Crippen LogP contribution in [0.25, 0.3) is 0 Å². The number of rotatable bonds is 14. The van der Waals surface area contributed by atoms with Crippen LogP contribution in [-0.2, 0) is 9.59 Å². The minimum Gasteiger partial charge on any atom is -0.481 e. The molecule has 4 heteroatoms. The molecule has 1 amide bonds. The van der Waals surface area contributed by atoms with Crippen LogP contribution < -0.4 is 5.32 Å². The Morgan fingerprint density at radius 3 is 2.00 bits per heavy atom. The molecule has 124 valence electrons. The van der Waals surface area contributed by atoms with Crippen LogP contribution in [0.5, 0.6) is 0 Å². The summed E-state index contributed by atoms with van der Waals surface area (Å²) in [7, 11) is 0. The quantitative estimate of drug-likeness (QED) is 0.474. The zero-order valence-corrected chi connectivity index (χ0v) is 13.8. The van der Waals surface area contributed by atoms with E-state index in [1.54, 1.807) is 0 Å². The van der Waals surface area contributed by atoms with E-state index in [1.165, 1.54) is 44.9 Å². The van der Waals surface area contributed by atoms with Crippen molar-refractivity contribution in [2.75, 3.05) is 6.54 Å². The Kier molecular flexibility index (Phi) is 13.2. The highest BCUT2D eigenvalue weighted by molar-refractivity contribution is 5.75. The summed E-state index contributed by atoms with van der Waals surface area (Å²) in [4.78, 5) is 22.1. The van der Waals surface area contributed by atoms with E-state index < -0.39 is 5.97 Å². The number of unbranched alkanes of at least 4 members (excludes halogenated alkanes) is 8. The SMILES string of the molecule is CCCCCCCCCCCC(=O)NC[C@@H](C)CC(=O)O. The maximum absolute atomic E-state index is 11.6. The molecule has 0 aliphatic heterocycles. The topological polar surface area (TPSA) is 66.4 Å². The van der Waals surface area contributed by atoms with Crippen molar-refractivity contribution < 1.29 is 14.7 Å². The Bertz CT molecular complexity index is 279. The first-order valence-electron chi connectivity index (χ1n) is 8.54. The molecular weight excluding hydrogens is 266 g/mol. The Morgan fingerprint density at radius 2 is 1.48 bits per heavy atom. The molecule has 0 radical (unpaired) electrons. The summed E-state index contributed by atoms with van der Waals surface area (Å²) in [5.74, 6) is -0.763. The summed E-state index contributed by atoms with van der Waals surface area (Å²) in [5.41, 5.74) is 0. The van der Waals surface area contributed by atoms with Crippen molar-refractivity contribution in [3.8, 4) is 0 Å². The molecule has 0 rings (SSSR count). The second-order valence-corrected chi connectivity index (χ2v) is 6.09. The van der Waals surface area contributed by atoms with Gasteiger partial charge in [-0.1, -0.05) is 65.2 Å². The summed E-state index contributed by atoms with van der Waals surface area (Å²) in [6, 6.07) is 0. The third-order valence-electron chi connectivity index (χ3n) is 3.68. The number of carbonyl (C=O) groups excluding carboxylic acids is 1. The van der Waals surface area contributed by atoms with Crippen molar-refractivity contribution in [1.82, 2.24) is 5.32 Å². The van der Waals surface area contributed by atoms with Gasteiger partial charge in [0, 0.05) is 19.4 Å². The molecule has 0 aromatic carbocycles. The highest BCUT2D eigenvalue weighted by Crippen LogP contribution is 2.10. The van der Waals surface area contributed by atoms with Gasteiger partial charge in [0.25, 0.3) is 0 Å². The third-order valence-corrected chi connectivity index (χ3v) is 3.68. The number of aliphatic carboxylic acids is 1. The minimum absolute atomic E-state index is 0.00503. The molecule has 1 atom stereocenters. The molecule has 0 spiro atoms. The third kappa shape index (κ3) is 15.2. The number of hydrogen-bond acceptors (Lipinski definition) is 2. The fraction of sp³-hybridized carbons (Fsp3) is 0.882. The molecule has 0 aromatic rings. The maximum Gasteiger partial charge on any atom is 0.303 e. The summed E-state index contributed by atoms with van der Waals surface area (Å²) in [5, 5.41) is 11.4. The number of carboxylic acids is 1. The predicted octanol–water partition coefficient (Wildman–Crippen LogP) is 4.13. The van der Waals surface area contributed by atoms with Gasteiger partial charge >= 0.3 is 5.97 Å². The van der Waals surface area contributed by atoms with Crippen LogP contribution >= 0.6 is 0 Å². The number of hydrogen-bond donors (Lipinski definition) is 2. The number of carboxylic acid groups (broad SMARTS) is 1. The van der Waals surface area contributed by atoms with E-state index >= 15 is 0 Å². The Hall–Kier alpha value is -1.06. The first-order valence-corrected chi connectivity index (χ1v) is 8.54. The Labute approximate surface area is 129 Å². The van der Waals surface area contributed by atoms with E-state index in [9.17, 15) is 9.59 Å². The molecule has 0 bridgehead atoms. The van der Waals surface area contributed by atoms with Crippen LogP contribution in [0.2, 0.25) is 0 Å². The molecule has 0 saturated heterocycles. The van der Waals surface area contributed by atoms with Crippen LogP contribution in [0.4, 0.5) is 0 Å². The molecule has 0 aliphatic rings. The van der Waals surface area contributed by atoms with E-state index in [0.717, 1.165) is 12.8 Å². The average molecular weight is 299 g/mol. The molecular formula is C17H33NO3. The number of carbonyl (C=O) groups is 2. The fourth-order valence-corrected chi connectivity index (χ4v) is 2.34. The van der Waals surface area contributed by atoms with E-state index in [1.807, 2.05) is 6.92 Å². The lowest BCUT2D eigenvalue weighted by molar-refractivity contribution is -0.138. The molecule has 0 heterocycles. The summed E-state index contributed by atoms with van der Waals surface area (Å²) in [6.45, 7) is 4.53. The number of nitrogens with one attached hydrogen (secondary N) is 1. The van der Waals surface area contributed by atoms with Crippen LogP contribution in [0.3, 0.4) is 0 Å². The van der Waals surface area contributed by atoms with Crippen molar-refractivity contribution in [2.45, 2.75) is 84.5 Å². The van der Waals surface area contributed by atoms with Gasteiger partial charge in [-0.25, -0.2) is 0 Å². The largest absolute Gasteiger partial charge is 0.481 e. The average Bonchev–Trinajstić information content (AvgIpc) is 2.42. The van der Waals surface area contributed by atoms with E-state index in [4.69, 9.17) is 5.11 Å². The molecule has 0 aromatic heterocycles. The first kappa shape index (κ1) is 19.9. The standard InChI is InChI=1S/C17H33NO3/c1-3-4-5-6-7-8-9-10-11-12-16(19)18-14-15(2)13-17(20)21/h15H,3-14H2,1-2H3,(H,18,19)(H,20,21)/t15-/m0/s1. The summed E-state index contributed by atoms with van der Waals surface area (Å²) < 4.78 is 0. The van der Waals surface area contributed by atoms with Gasteiger partial charge in [0.2, 0.25) is 5.91 Å². The Balaban J connectivity index is 3.32. The molecule has 0 aliphatic carbocycles. The van der Waals surface area contributed by atoms with E-state index in [0.29, 0.717) is 13.0 Å². The second-order valence-electron chi connectivity index (χ2n) is 6.09. The summed E-state index contributed by atoms with van der Waals surface area (Å²) in [6.07, 6.45) is 11.9. The van der Waals surface area contributed by atoms with E-state index in [2.05, 4.69) is 12.2 Å². The zero-order chi connectivity index (χ0) is 15.9. The Morgan fingerprint density at radius 1 is 0.952 bits per heavy atom. The van der Waals surface area contributed by atoms with Gasteiger partial charge in [0.15, 0.2) is 0 Å². The number of amides is 1. The fourth-order valence-electron chi connectivity index (χ4n) is 2.34. The molecule has 0 saturated carbocycles. The lowest BCUT2D eigenvalue weighted by Crippen LogP contribution is -2.28. The smallest absolute Gasteiger partial charge is 0.303 e. The second kappa shape index (κ2) is 13.9.